The van der Waals surface area contributed by atoms with Gasteiger partial charge in [0.2, 0.25) is 0 Å². The minimum atomic E-state index is -3.63. The van der Waals surface area contributed by atoms with Crippen LogP contribution in [-0.2, 0) is 16.4 Å². The zero-order valence-corrected chi connectivity index (χ0v) is 15.1. The van der Waals surface area contributed by atoms with Crippen LogP contribution in [-0.4, -0.2) is 19.4 Å². The van der Waals surface area contributed by atoms with Crippen LogP contribution in [0.2, 0.25) is 0 Å². The van der Waals surface area contributed by atoms with Gasteiger partial charge < -0.3 is 4.90 Å². The molecule has 0 spiro atoms. The first-order valence-corrected chi connectivity index (χ1v) is 9.94. The minimum Gasteiger partial charge on any atom is -0.337 e. The third-order valence-corrected chi connectivity index (χ3v) is 5.90. The lowest BCUT2D eigenvalue weighted by atomic mass is 10.1. The van der Waals surface area contributed by atoms with Gasteiger partial charge in [0.15, 0.2) is 0 Å². The number of nitrogens with zero attached hydrogens (tertiary/aromatic N) is 2. The zero-order chi connectivity index (χ0) is 18.1. The van der Waals surface area contributed by atoms with E-state index in [1.165, 1.54) is 11.3 Å². The van der Waals surface area contributed by atoms with E-state index in [1.807, 2.05) is 12.1 Å². The summed E-state index contributed by atoms with van der Waals surface area (Å²) in [5.74, 6) is 0.303. The Bertz CT molecular complexity index is 1020. The van der Waals surface area contributed by atoms with E-state index in [0.29, 0.717) is 11.9 Å². The molecule has 1 aromatic heterocycles. The number of hydrogen-bond donors (Lipinski definition) is 1. The molecule has 1 aliphatic rings. The lowest BCUT2D eigenvalue weighted by molar-refractivity contribution is 0.601. The molecule has 1 N–H and O–H groups in total. The summed E-state index contributed by atoms with van der Waals surface area (Å²) >= 11 is 0. The van der Waals surface area contributed by atoms with Gasteiger partial charge in [0.05, 0.1) is 16.8 Å². The summed E-state index contributed by atoms with van der Waals surface area (Å²) in [6.45, 7) is 2.17. The molecule has 5 nitrogen and oxygen atoms in total. The molecule has 2 heterocycles. The monoisotopic (exact) mass is 365 g/mol. The van der Waals surface area contributed by atoms with Gasteiger partial charge in [-0.15, -0.1) is 0 Å². The number of hydrogen-bond acceptors (Lipinski definition) is 4. The number of pyridine rings is 1. The number of fused-ring (bicyclic) bond motifs is 1. The van der Waals surface area contributed by atoms with Crippen molar-refractivity contribution in [3.05, 3.63) is 78.5 Å². The Balaban J connectivity index is 1.58. The number of sulfonamides is 1. The van der Waals surface area contributed by atoms with E-state index >= 15 is 0 Å². The second kappa shape index (κ2) is 6.46. The molecular formula is C20H19N3O2S. The van der Waals surface area contributed by atoms with E-state index in [9.17, 15) is 8.42 Å². The van der Waals surface area contributed by atoms with Crippen LogP contribution in [0, 0.1) is 0 Å². The summed E-state index contributed by atoms with van der Waals surface area (Å²) in [4.78, 5) is 6.76. The highest BCUT2D eigenvalue weighted by Crippen LogP contribution is 2.37. The summed E-state index contributed by atoms with van der Waals surface area (Å²) in [7, 11) is -3.63. The van der Waals surface area contributed by atoms with Crippen molar-refractivity contribution >= 4 is 27.2 Å². The topological polar surface area (TPSA) is 62.3 Å². The van der Waals surface area contributed by atoms with Crippen molar-refractivity contribution in [2.45, 2.75) is 24.3 Å². The maximum Gasteiger partial charge on any atom is 0.263 e. The highest BCUT2D eigenvalue weighted by Gasteiger charge is 2.27. The molecule has 4 rings (SSSR count). The Morgan fingerprint density at radius 2 is 1.73 bits per heavy atom. The Kier molecular flexibility index (Phi) is 4.12. The third-order valence-electron chi connectivity index (χ3n) is 4.53. The fourth-order valence-corrected chi connectivity index (χ4v) is 4.37. The van der Waals surface area contributed by atoms with E-state index in [4.69, 9.17) is 0 Å². The molecule has 1 aliphatic heterocycles. The van der Waals surface area contributed by atoms with Gasteiger partial charge in [-0.1, -0.05) is 36.4 Å². The lowest BCUT2D eigenvalue weighted by Gasteiger charge is -2.24. The number of nitrogens with one attached hydrogen (secondary N) is 1. The molecule has 6 heteroatoms. The molecule has 1 atom stereocenters. The molecule has 3 aromatic rings. The summed E-state index contributed by atoms with van der Waals surface area (Å²) < 4.78 is 27.3. The van der Waals surface area contributed by atoms with Gasteiger partial charge in [-0.3, -0.25) is 4.72 Å². The number of rotatable bonds is 4. The molecule has 0 saturated carbocycles. The van der Waals surface area contributed by atoms with Gasteiger partial charge in [-0.25, -0.2) is 13.4 Å². The molecule has 0 fully saturated rings. The molecule has 26 heavy (non-hydrogen) atoms. The van der Waals surface area contributed by atoms with E-state index in [2.05, 4.69) is 39.7 Å². The fraction of sp³-hybridized carbons (Fsp3) is 0.150. The average molecular weight is 365 g/mol. The van der Waals surface area contributed by atoms with Crippen molar-refractivity contribution in [1.29, 1.82) is 0 Å². The van der Waals surface area contributed by atoms with Crippen molar-refractivity contribution in [3.63, 3.8) is 0 Å². The minimum absolute atomic E-state index is 0.216. The first-order valence-electron chi connectivity index (χ1n) is 8.46. The summed E-state index contributed by atoms with van der Waals surface area (Å²) in [5, 5.41) is 0. The standard InChI is InChI=1S/C20H19N3O2S/c1-15-13-16-7-5-6-10-19(16)23(15)17-11-12-20(21-14-17)22-26(24,25)18-8-3-2-4-9-18/h2-12,14-15H,13H2,1H3,(H,21,22). The number of benzene rings is 2. The molecular weight excluding hydrogens is 346 g/mol. The van der Waals surface area contributed by atoms with E-state index in [1.54, 1.807) is 42.6 Å². The molecule has 0 bridgehead atoms. The first kappa shape index (κ1) is 16.6. The van der Waals surface area contributed by atoms with Crippen molar-refractivity contribution < 1.29 is 8.42 Å². The second-order valence-electron chi connectivity index (χ2n) is 6.37. The van der Waals surface area contributed by atoms with Crippen molar-refractivity contribution in [2.75, 3.05) is 9.62 Å². The molecule has 0 saturated heterocycles. The van der Waals surface area contributed by atoms with Gasteiger partial charge in [-0.05, 0) is 49.2 Å². The first-order chi connectivity index (χ1) is 12.5. The molecule has 2 aromatic carbocycles. The Labute approximate surface area is 153 Å². The third kappa shape index (κ3) is 3.04. The highest BCUT2D eigenvalue weighted by atomic mass is 32.2. The van der Waals surface area contributed by atoms with Gasteiger partial charge in [0.1, 0.15) is 5.82 Å². The maximum absolute atomic E-state index is 12.4. The van der Waals surface area contributed by atoms with E-state index in [0.717, 1.165) is 12.1 Å². The van der Waals surface area contributed by atoms with Gasteiger partial charge >= 0.3 is 0 Å². The van der Waals surface area contributed by atoms with Crippen LogP contribution in [0.5, 0.6) is 0 Å². The van der Waals surface area contributed by atoms with Crippen LogP contribution in [0.4, 0.5) is 17.2 Å². The van der Waals surface area contributed by atoms with Crippen molar-refractivity contribution in [2.24, 2.45) is 0 Å². The van der Waals surface area contributed by atoms with Gasteiger partial charge in [-0.2, -0.15) is 0 Å². The number of para-hydroxylation sites is 1. The van der Waals surface area contributed by atoms with Crippen LogP contribution in [0.15, 0.2) is 77.8 Å². The number of aromatic nitrogens is 1. The van der Waals surface area contributed by atoms with Crippen LogP contribution >= 0.6 is 0 Å². The average Bonchev–Trinajstić information content (AvgIpc) is 2.99. The Morgan fingerprint density at radius 1 is 1.00 bits per heavy atom. The fourth-order valence-electron chi connectivity index (χ4n) is 3.34. The van der Waals surface area contributed by atoms with Crippen LogP contribution in [0.1, 0.15) is 12.5 Å². The quantitative estimate of drug-likeness (QED) is 0.760. The summed E-state index contributed by atoms with van der Waals surface area (Å²) in [6.07, 6.45) is 2.69. The highest BCUT2D eigenvalue weighted by molar-refractivity contribution is 7.92. The van der Waals surface area contributed by atoms with E-state index < -0.39 is 10.0 Å². The maximum atomic E-state index is 12.4. The zero-order valence-electron chi connectivity index (χ0n) is 14.3. The molecule has 0 amide bonds. The predicted molar refractivity (Wildman–Crippen MR) is 103 cm³/mol. The normalized spacial score (nSPS) is 16.3. The van der Waals surface area contributed by atoms with Gasteiger partial charge in [0.25, 0.3) is 10.0 Å². The van der Waals surface area contributed by atoms with Crippen molar-refractivity contribution in [1.82, 2.24) is 4.98 Å². The largest absolute Gasteiger partial charge is 0.337 e. The van der Waals surface area contributed by atoms with Crippen LogP contribution < -0.4 is 9.62 Å². The predicted octanol–water partition coefficient (Wildman–Crippen LogP) is 3.97. The van der Waals surface area contributed by atoms with Crippen LogP contribution in [0.3, 0.4) is 0 Å². The summed E-state index contributed by atoms with van der Waals surface area (Å²) in [5.41, 5.74) is 3.44. The SMILES string of the molecule is CC1Cc2ccccc2N1c1ccc(NS(=O)(=O)c2ccccc2)nc1. The molecule has 1 unspecified atom stereocenters. The second-order valence-corrected chi connectivity index (χ2v) is 8.05. The number of anilines is 3. The summed E-state index contributed by atoms with van der Waals surface area (Å²) in [6, 6.07) is 20.5. The van der Waals surface area contributed by atoms with Crippen molar-refractivity contribution in [3.8, 4) is 0 Å². The Morgan fingerprint density at radius 3 is 2.46 bits per heavy atom. The molecule has 0 aliphatic carbocycles. The lowest BCUT2D eigenvalue weighted by Crippen LogP contribution is -2.24. The molecule has 132 valence electrons. The smallest absolute Gasteiger partial charge is 0.263 e. The van der Waals surface area contributed by atoms with Gasteiger partial charge in [0, 0.05) is 11.7 Å². The Hall–Kier alpha value is -2.86. The van der Waals surface area contributed by atoms with E-state index in [-0.39, 0.29) is 4.90 Å². The van der Waals surface area contributed by atoms with Crippen LogP contribution in [0.25, 0.3) is 0 Å². The molecule has 0 radical (unpaired) electrons.